The van der Waals surface area contributed by atoms with Gasteiger partial charge in [0.1, 0.15) is 11.9 Å². The van der Waals surface area contributed by atoms with Crippen molar-refractivity contribution in [1.82, 2.24) is 9.21 Å². The molecule has 0 aromatic heterocycles. The molecule has 38 heavy (non-hydrogen) atoms. The lowest BCUT2D eigenvalue weighted by Gasteiger charge is -2.41. The van der Waals surface area contributed by atoms with Gasteiger partial charge in [0.15, 0.2) is 11.5 Å². The number of sulfone groups is 1. The van der Waals surface area contributed by atoms with Gasteiger partial charge in [0.05, 0.1) is 15.5 Å². The van der Waals surface area contributed by atoms with Crippen LogP contribution in [0.3, 0.4) is 0 Å². The van der Waals surface area contributed by atoms with Gasteiger partial charge in [-0.3, -0.25) is 0 Å². The Balaban J connectivity index is 1.16. The van der Waals surface area contributed by atoms with E-state index in [4.69, 9.17) is 14.2 Å². The summed E-state index contributed by atoms with van der Waals surface area (Å²) in [5.74, 6) is 1.90. The molecule has 5 rings (SSSR count). The predicted molar refractivity (Wildman–Crippen MR) is 143 cm³/mol. The number of benzene rings is 2. The number of nitrogens with zero attached hydrogens (tertiary/aromatic N) is 2. The van der Waals surface area contributed by atoms with Crippen LogP contribution in [0.15, 0.2) is 46.2 Å². The van der Waals surface area contributed by atoms with E-state index in [1.165, 1.54) is 12.1 Å². The number of rotatable bonds is 8. The standard InChI is InChI=1S/C27H36N2O7S2/c1-3-16-37(30,31)29-14-8-21(9-15-29)28-12-10-22(11-13-28)36-25-6-4-23(17-20(25)2)38(32,33)24-5-7-26-27(18-24)35-19-34-26/h4-7,17-18,21-22H,3,8-16,19H2,1-2H3. The zero-order chi connectivity index (χ0) is 26.9. The third kappa shape index (κ3) is 5.66. The van der Waals surface area contributed by atoms with E-state index in [0.717, 1.165) is 44.3 Å². The van der Waals surface area contributed by atoms with Crippen molar-refractivity contribution in [3.05, 3.63) is 42.0 Å². The Bertz CT molecular complexity index is 1360. The van der Waals surface area contributed by atoms with Crippen LogP contribution in [-0.2, 0) is 19.9 Å². The van der Waals surface area contributed by atoms with Crippen LogP contribution >= 0.6 is 0 Å². The Hall–Kier alpha value is -2.34. The van der Waals surface area contributed by atoms with E-state index in [1.807, 2.05) is 13.8 Å². The van der Waals surface area contributed by atoms with Crippen molar-refractivity contribution < 1.29 is 31.0 Å². The summed E-state index contributed by atoms with van der Waals surface area (Å²) in [7, 11) is -6.83. The summed E-state index contributed by atoms with van der Waals surface area (Å²) in [6.45, 7) is 6.87. The smallest absolute Gasteiger partial charge is 0.231 e. The second kappa shape index (κ2) is 11.0. The summed E-state index contributed by atoms with van der Waals surface area (Å²) in [6, 6.07) is 10.1. The number of hydrogen-bond acceptors (Lipinski definition) is 8. The molecule has 3 aliphatic heterocycles. The molecular weight excluding hydrogens is 528 g/mol. The van der Waals surface area contributed by atoms with Crippen molar-refractivity contribution in [1.29, 1.82) is 0 Å². The molecule has 208 valence electrons. The van der Waals surface area contributed by atoms with Crippen molar-refractivity contribution in [2.45, 2.75) is 67.9 Å². The highest BCUT2D eigenvalue weighted by molar-refractivity contribution is 7.91. The predicted octanol–water partition coefficient (Wildman–Crippen LogP) is 3.60. The van der Waals surface area contributed by atoms with Gasteiger partial charge in [0.2, 0.25) is 26.7 Å². The minimum atomic E-state index is -3.71. The third-order valence-corrected chi connectivity index (χ3v) is 11.5. The van der Waals surface area contributed by atoms with Crippen LogP contribution in [0.2, 0.25) is 0 Å². The van der Waals surface area contributed by atoms with E-state index in [9.17, 15) is 16.8 Å². The minimum Gasteiger partial charge on any atom is -0.490 e. The molecule has 0 bridgehead atoms. The zero-order valence-corrected chi connectivity index (χ0v) is 23.6. The topological polar surface area (TPSA) is 102 Å². The maximum atomic E-state index is 13.2. The Kier molecular flexibility index (Phi) is 7.91. The number of hydrogen-bond donors (Lipinski definition) is 0. The summed E-state index contributed by atoms with van der Waals surface area (Å²) in [5, 5.41) is 0. The van der Waals surface area contributed by atoms with Crippen molar-refractivity contribution in [2.75, 3.05) is 38.7 Å². The molecule has 0 saturated carbocycles. The van der Waals surface area contributed by atoms with E-state index < -0.39 is 19.9 Å². The molecule has 0 spiro atoms. The van der Waals surface area contributed by atoms with Gasteiger partial charge >= 0.3 is 0 Å². The Morgan fingerprint density at radius 2 is 1.53 bits per heavy atom. The largest absolute Gasteiger partial charge is 0.490 e. The highest BCUT2D eigenvalue weighted by Crippen LogP contribution is 2.36. The first kappa shape index (κ1) is 27.2. The van der Waals surface area contributed by atoms with Gasteiger partial charge in [0, 0.05) is 38.3 Å². The molecule has 0 amide bonds. The van der Waals surface area contributed by atoms with Gasteiger partial charge in [0.25, 0.3) is 0 Å². The Morgan fingerprint density at radius 1 is 0.868 bits per heavy atom. The summed E-state index contributed by atoms with van der Waals surface area (Å²) in [4.78, 5) is 2.84. The molecule has 2 aromatic rings. The molecule has 0 N–H and O–H groups in total. The fourth-order valence-corrected chi connectivity index (χ4v) is 8.41. The fraction of sp³-hybridized carbons (Fsp3) is 0.556. The average Bonchev–Trinajstić information content (AvgIpc) is 3.38. The van der Waals surface area contributed by atoms with Crippen LogP contribution in [0.4, 0.5) is 0 Å². The van der Waals surface area contributed by atoms with Crippen LogP contribution < -0.4 is 14.2 Å². The lowest BCUT2D eigenvalue weighted by molar-refractivity contribution is 0.0582. The molecule has 0 atom stereocenters. The van der Waals surface area contributed by atoms with Crippen LogP contribution in [-0.4, -0.2) is 76.9 Å². The first-order chi connectivity index (χ1) is 18.2. The number of likely N-dealkylation sites (tertiary alicyclic amines) is 1. The fourth-order valence-electron chi connectivity index (χ4n) is 5.51. The van der Waals surface area contributed by atoms with Gasteiger partial charge in [-0.2, -0.15) is 0 Å². The second-order valence-electron chi connectivity index (χ2n) is 10.2. The van der Waals surface area contributed by atoms with Gasteiger partial charge in [-0.05, 0) is 74.9 Å². The lowest BCUT2D eigenvalue weighted by Crippen LogP contribution is -2.50. The van der Waals surface area contributed by atoms with Crippen LogP contribution in [0, 0.1) is 6.92 Å². The third-order valence-electron chi connectivity index (χ3n) is 7.68. The van der Waals surface area contributed by atoms with Gasteiger partial charge in [-0.15, -0.1) is 0 Å². The maximum absolute atomic E-state index is 13.2. The van der Waals surface area contributed by atoms with Crippen LogP contribution in [0.1, 0.15) is 44.6 Å². The molecule has 11 heteroatoms. The summed E-state index contributed by atoms with van der Waals surface area (Å²) >= 11 is 0. The second-order valence-corrected chi connectivity index (χ2v) is 14.3. The lowest BCUT2D eigenvalue weighted by atomic mass is 10.00. The van der Waals surface area contributed by atoms with Crippen LogP contribution in [0.25, 0.3) is 0 Å². The Labute approximate surface area is 225 Å². The highest BCUT2D eigenvalue weighted by atomic mass is 32.2. The monoisotopic (exact) mass is 564 g/mol. The molecule has 9 nitrogen and oxygen atoms in total. The number of aryl methyl sites for hydroxylation is 1. The quantitative estimate of drug-likeness (QED) is 0.479. The molecule has 0 aliphatic carbocycles. The van der Waals surface area contributed by atoms with E-state index in [2.05, 4.69) is 4.90 Å². The normalized spacial score (nSPS) is 20.1. The Morgan fingerprint density at radius 3 is 2.21 bits per heavy atom. The van der Waals surface area contributed by atoms with Gasteiger partial charge in [-0.25, -0.2) is 21.1 Å². The van der Waals surface area contributed by atoms with Crippen molar-refractivity contribution in [2.24, 2.45) is 0 Å². The first-order valence-corrected chi connectivity index (χ1v) is 16.4. The van der Waals surface area contributed by atoms with Gasteiger partial charge in [-0.1, -0.05) is 6.92 Å². The molecule has 2 aromatic carbocycles. The molecule has 0 radical (unpaired) electrons. The molecule has 2 fully saturated rings. The van der Waals surface area contributed by atoms with Crippen LogP contribution in [0.5, 0.6) is 17.2 Å². The molecule has 3 heterocycles. The molecule has 2 saturated heterocycles. The number of fused-ring (bicyclic) bond motifs is 1. The molecule has 0 unspecified atom stereocenters. The summed E-state index contributed by atoms with van der Waals surface area (Å²) in [5.41, 5.74) is 0.773. The zero-order valence-electron chi connectivity index (χ0n) is 22.0. The van der Waals surface area contributed by atoms with Crippen molar-refractivity contribution >= 4 is 19.9 Å². The van der Waals surface area contributed by atoms with E-state index in [1.54, 1.807) is 28.6 Å². The molecular formula is C27H36N2O7S2. The van der Waals surface area contributed by atoms with E-state index >= 15 is 0 Å². The highest BCUT2D eigenvalue weighted by Gasteiger charge is 2.32. The number of piperidine rings is 2. The summed E-state index contributed by atoms with van der Waals surface area (Å²) in [6.07, 6.45) is 4.20. The summed E-state index contributed by atoms with van der Waals surface area (Å²) < 4.78 is 69.7. The average molecular weight is 565 g/mol. The van der Waals surface area contributed by atoms with Gasteiger partial charge < -0.3 is 19.1 Å². The number of sulfonamides is 1. The molecule has 3 aliphatic rings. The van der Waals surface area contributed by atoms with Crippen molar-refractivity contribution in [3.63, 3.8) is 0 Å². The van der Waals surface area contributed by atoms with E-state index in [-0.39, 0.29) is 28.4 Å². The maximum Gasteiger partial charge on any atom is 0.231 e. The van der Waals surface area contributed by atoms with Crippen molar-refractivity contribution in [3.8, 4) is 17.2 Å². The first-order valence-electron chi connectivity index (χ1n) is 13.3. The number of ether oxygens (including phenoxy) is 3. The minimum absolute atomic E-state index is 0.0614. The SMILES string of the molecule is CCCS(=O)(=O)N1CCC(N2CCC(Oc3ccc(S(=O)(=O)c4ccc5c(c4)OCO5)cc3C)CC2)CC1. The van der Waals surface area contributed by atoms with E-state index in [0.29, 0.717) is 42.8 Å².